The van der Waals surface area contributed by atoms with Crippen LogP contribution in [0, 0.1) is 6.92 Å². The van der Waals surface area contributed by atoms with Gasteiger partial charge in [-0.3, -0.25) is 19.4 Å². The Kier molecular flexibility index (Phi) is 8.80. The summed E-state index contributed by atoms with van der Waals surface area (Å²) < 4.78 is 0. The second-order valence-corrected chi connectivity index (χ2v) is 12.2. The highest BCUT2D eigenvalue weighted by Crippen LogP contribution is 2.43. The molecule has 0 saturated heterocycles. The van der Waals surface area contributed by atoms with E-state index in [2.05, 4.69) is 23.5 Å². The first-order valence-corrected chi connectivity index (χ1v) is 15.2. The highest BCUT2D eigenvalue weighted by atomic mass is 35.5. The Labute approximate surface area is 264 Å². The zero-order valence-electron chi connectivity index (χ0n) is 24.3. The number of rotatable bonds is 8. The molecule has 5 heterocycles. The molecule has 3 aromatic heterocycles. The molecule has 0 spiro atoms. The molecule has 2 aliphatic rings. The molecular weight excluding hydrogens is 607 g/mol. The van der Waals surface area contributed by atoms with E-state index in [0.29, 0.717) is 28.7 Å². The molecular formula is C33H31Cl3N4O3. The predicted molar refractivity (Wildman–Crippen MR) is 175 cm³/mol. The van der Waals surface area contributed by atoms with Crippen molar-refractivity contribution >= 4 is 89.8 Å². The first-order valence-electron chi connectivity index (χ1n) is 14.1. The van der Waals surface area contributed by atoms with Crippen LogP contribution in [0.3, 0.4) is 0 Å². The Morgan fingerprint density at radius 3 is 2.35 bits per heavy atom. The van der Waals surface area contributed by atoms with E-state index >= 15 is 0 Å². The Bertz CT molecular complexity index is 1900. The first kappa shape index (κ1) is 30.9. The van der Waals surface area contributed by atoms with Crippen LogP contribution in [0.25, 0.3) is 39.3 Å². The van der Waals surface area contributed by atoms with Gasteiger partial charge in [0.2, 0.25) is 10.5 Å². The van der Waals surface area contributed by atoms with Crippen molar-refractivity contribution in [1.29, 1.82) is 0 Å². The molecule has 0 aliphatic carbocycles. The summed E-state index contributed by atoms with van der Waals surface area (Å²) in [4.78, 5) is 53.8. The van der Waals surface area contributed by atoms with Crippen LogP contribution in [0.5, 0.6) is 0 Å². The van der Waals surface area contributed by atoms with Crippen LogP contribution < -0.4 is 0 Å². The minimum absolute atomic E-state index is 0.112. The molecule has 8 bridgehead atoms. The highest BCUT2D eigenvalue weighted by Gasteiger charge is 2.33. The quantitative estimate of drug-likeness (QED) is 0.240. The maximum absolute atomic E-state index is 12.7. The van der Waals surface area contributed by atoms with Gasteiger partial charge in [0, 0.05) is 51.6 Å². The fraction of sp³-hybridized carbons (Fsp3) is 0.303. The van der Waals surface area contributed by atoms with Gasteiger partial charge in [0.1, 0.15) is 0 Å². The number of aromatic nitrogens is 4. The summed E-state index contributed by atoms with van der Waals surface area (Å²) in [5, 5.41) is -1.79. The summed E-state index contributed by atoms with van der Waals surface area (Å²) in [5.41, 5.74) is 10.3. The number of halogens is 3. The Balaban J connectivity index is 2.01. The second-order valence-electron chi connectivity index (χ2n) is 11.0. The molecule has 3 aromatic rings. The standard InChI is InChI=1S/C33H31Cl3N4O3/c1-6-19-15(3)25-14-28-20(7-2)16(4)24(39-28)13-26-17(5)21(8-9-29(34)41)31(40-26)22(12-30(35)42)32-23(33(36)43)10-18(37-32)11-27(19)38-25/h7,10-11,13-14,17,21,37,39H,2,6,8-9,12H2,1,3-5H3/t17-,21-/m0/s1. The summed E-state index contributed by atoms with van der Waals surface area (Å²) in [6, 6.07) is 7.53. The third-order valence-electron chi connectivity index (χ3n) is 8.48. The largest absolute Gasteiger partial charge is 0.355 e. The van der Waals surface area contributed by atoms with Gasteiger partial charge in [-0.15, -0.1) is 0 Å². The van der Waals surface area contributed by atoms with E-state index in [1.54, 1.807) is 6.07 Å². The van der Waals surface area contributed by atoms with Gasteiger partial charge in [-0.2, -0.15) is 0 Å². The lowest BCUT2D eigenvalue weighted by atomic mass is 9.85. The molecule has 222 valence electrons. The van der Waals surface area contributed by atoms with Gasteiger partial charge in [0.05, 0.1) is 34.6 Å². The van der Waals surface area contributed by atoms with Gasteiger partial charge >= 0.3 is 0 Å². The number of H-pyrrole nitrogens is 2. The average Bonchev–Trinajstić information content (AvgIpc) is 3.65. The van der Waals surface area contributed by atoms with Crippen LogP contribution in [0.1, 0.15) is 102 Å². The molecule has 7 nitrogen and oxygen atoms in total. The molecule has 0 saturated carbocycles. The van der Waals surface area contributed by atoms with E-state index in [9.17, 15) is 14.4 Å². The molecule has 0 radical (unpaired) electrons. The van der Waals surface area contributed by atoms with Crippen LogP contribution in [-0.2, 0) is 16.0 Å². The number of carbonyl (C=O) groups excluding carboxylic acids is 3. The van der Waals surface area contributed by atoms with Gasteiger partial charge in [0.15, 0.2) is 0 Å². The molecule has 10 heteroatoms. The van der Waals surface area contributed by atoms with Crippen molar-refractivity contribution in [1.82, 2.24) is 19.9 Å². The lowest BCUT2D eigenvalue weighted by molar-refractivity contribution is -0.112. The lowest BCUT2D eigenvalue weighted by Gasteiger charge is -2.17. The third kappa shape index (κ3) is 5.86. The average molecular weight is 638 g/mol. The molecule has 2 N–H and O–H groups in total. The van der Waals surface area contributed by atoms with Crippen LogP contribution in [0.4, 0.5) is 0 Å². The SMILES string of the molecule is C=Cc1c(C)c2cc3nc(c(CC(=O)Cl)c4[nH]c(cc5nc(cc1[nH]2)C(C)=C5CC)cc4C(=O)Cl)[C@@H](CCC(=O)Cl)[C@@H]3C. The zero-order chi connectivity index (χ0) is 31.2. The summed E-state index contributed by atoms with van der Waals surface area (Å²) >= 11 is 17.8. The maximum Gasteiger partial charge on any atom is 0.254 e. The Morgan fingerprint density at radius 2 is 1.72 bits per heavy atom. The van der Waals surface area contributed by atoms with E-state index < -0.39 is 15.7 Å². The molecule has 2 aliphatic heterocycles. The van der Waals surface area contributed by atoms with Crippen molar-refractivity contribution in [3.63, 3.8) is 0 Å². The van der Waals surface area contributed by atoms with Gasteiger partial charge in [0.25, 0.3) is 5.24 Å². The minimum Gasteiger partial charge on any atom is -0.355 e. The van der Waals surface area contributed by atoms with Gasteiger partial charge in [-0.05, 0) is 102 Å². The van der Waals surface area contributed by atoms with Gasteiger partial charge in [-0.25, -0.2) is 4.98 Å². The third-order valence-corrected chi connectivity index (χ3v) is 9.00. The van der Waals surface area contributed by atoms with Crippen molar-refractivity contribution in [2.24, 2.45) is 0 Å². The number of nitrogens with zero attached hydrogens (tertiary/aromatic N) is 2. The molecule has 5 rings (SSSR count). The van der Waals surface area contributed by atoms with Gasteiger partial charge < -0.3 is 9.97 Å². The summed E-state index contributed by atoms with van der Waals surface area (Å²) in [6.45, 7) is 12.2. The van der Waals surface area contributed by atoms with E-state index in [4.69, 9.17) is 44.8 Å². The molecule has 0 fully saturated rings. The molecule has 0 amide bonds. The topological polar surface area (TPSA) is 109 Å². The highest BCUT2D eigenvalue weighted by molar-refractivity contribution is 6.68. The van der Waals surface area contributed by atoms with Crippen LogP contribution in [-0.4, -0.2) is 35.7 Å². The molecule has 0 unspecified atom stereocenters. The number of nitrogens with one attached hydrogen (secondary N) is 2. The number of hydrogen-bond acceptors (Lipinski definition) is 5. The van der Waals surface area contributed by atoms with Crippen molar-refractivity contribution < 1.29 is 14.4 Å². The van der Waals surface area contributed by atoms with Crippen LogP contribution in [0.15, 0.2) is 30.8 Å². The van der Waals surface area contributed by atoms with E-state index in [-0.39, 0.29) is 30.2 Å². The number of aryl methyl sites for hydroxylation is 1. The zero-order valence-corrected chi connectivity index (χ0v) is 26.6. The number of hydrogen-bond donors (Lipinski definition) is 2. The van der Waals surface area contributed by atoms with Gasteiger partial charge in [-0.1, -0.05) is 26.5 Å². The minimum atomic E-state index is -0.694. The van der Waals surface area contributed by atoms with Crippen molar-refractivity contribution in [3.05, 3.63) is 75.9 Å². The van der Waals surface area contributed by atoms with Crippen LogP contribution >= 0.6 is 34.8 Å². The maximum atomic E-state index is 12.7. The van der Waals surface area contributed by atoms with E-state index in [1.807, 2.05) is 45.0 Å². The van der Waals surface area contributed by atoms with Crippen molar-refractivity contribution in [2.75, 3.05) is 0 Å². The molecule has 2 atom stereocenters. The fourth-order valence-electron chi connectivity index (χ4n) is 6.21. The summed E-state index contributed by atoms with van der Waals surface area (Å²) in [6.07, 6.45) is 2.87. The molecule has 43 heavy (non-hydrogen) atoms. The monoisotopic (exact) mass is 636 g/mol. The Morgan fingerprint density at radius 1 is 0.977 bits per heavy atom. The van der Waals surface area contributed by atoms with E-state index in [0.717, 1.165) is 56.8 Å². The van der Waals surface area contributed by atoms with Crippen molar-refractivity contribution in [3.8, 4) is 0 Å². The lowest BCUT2D eigenvalue weighted by Crippen LogP contribution is -2.08. The predicted octanol–water partition coefficient (Wildman–Crippen LogP) is 8.73. The molecule has 0 aromatic carbocycles. The number of allylic oxidation sites excluding steroid dienone is 2. The number of fused-ring (bicyclic) bond motifs is 8. The first-order chi connectivity index (χ1) is 20.4. The van der Waals surface area contributed by atoms with E-state index in [1.165, 1.54) is 0 Å². The summed E-state index contributed by atoms with van der Waals surface area (Å²) in [5.74, 6) is -0.424. The normalized spacial score (nSPS) is 16.4. The summed E-state index contributed by atoms with van der Waals surface area (Å²) in [7, 11) is 0. The fourth-order valence-corrected chi connectivity index (χ4v) is 6.60. The number of aromatic amines is 2. The second kappa shape index (κ2) is 12.2. The van der Waals surface area contributed by atoms with Crippen LogP contribution in [0.2, 0.25) is 0 Å². The Hall–Kier alpha value is -3.52. The van der Waals surface area contributed by atoms with Crippen molar-refractivity contribution in [2.45, 2.75) is 65.2 Å². The number of carbonyl (C=O) groups is 3. The smallest absolute Gasteiger partial charge is 0.254 e.